The summed E-state index contributed by atoms with van der Waals surface area (Å²) in [5.74, 6) is 0.570. The lowest BCUT2D eigenvalue weighted by Gasteiger charge is -2.30. The number of nitrogens with zero attached hydrogens (tertiary/aromatic N) is 2. The van der Waals surface area contributed by atoms with Gasteiger partial charge in [0, 0.05) is 17.6 Å². The average molecular weight is 380 g/mol. The van der Waals surface area contributed by atoms with Crippen LogP contribution >= 0.6 is 11.3 Å². The van der Waals surface area contributed by atoms with Crippen molar-refractivity contribution in [2.45, 2.75) is 32.9 Å². The lowest BCUT2D eigenvalue weighted by Crippen LogP contribution is -2.42. The molecule has 0 aliphatic carbocycles. The maximum Gasteiger partial charge on any atom is 0.318 e. The maximum absolute atomic E-state index is 13.2. The van der Waals surface area contributed by atoms with Crippen LogP contribution in [0.2, 0.25) is 0 Å². The molecule has 2 amide bonds. The average Bonchev–Trinajstić information content (AvgIpc) is 3.32. The van der Waals surface area contributed by atoms with Crippen molar-refractivity contribution >= 4 is 17.4 Å². The molecule has 0 saturated carbocycles. The van der Waals surface area contributed by atoms with E-state index in [0.29, 0.717) is 19.0 Å². The van der Waals surface area contributed by atoms with Crippen LogP contribution in [0.3, 0.4) is 0 Å². The molecule has 0 bridgehead atoms. The minimum Gasteiger partial charge on any atom is -0.338 e. The number of aromatic nitrogens is 1. The van der Waals surface area contributed by atoms with Gasteiger partial charge in [0.1, 0.15) is 6.04 Å². The highest BCUT2D eigenvalue weighted by Gasteiger charge is 2.33. The van der Waals surface area contributed by atoms with E-state index in [1.165, 1.54) is 4.88 Å². The van der Waals surface area contributed by atoms with E-state index in [1.54, 1.807) is 11.3 Å². The first kappa shape index (κ1) is 17.9. The third-order valence-corrected chi connectivity index (χ3v) is 5.96. The van der Waals surface area contributed by atoms with Gasteiger partial charge in [-0.05, 0) is 47.5 Å². The molecule has 4 rings (SSSR count). The van der Waals surface area contributed by atoms with Crippen LogP contribution in [0.1, 0.15) is 42.4 Å². The summed E-state index contributed by atoms with van der Waals surface area (Å²) < 4.78 is 2.22. The second kappa shape index (κ2) is 7.61. The number of fused-ring (bicyclic) bond motifs is 3. The van der Waals surface area contributed by atoms with Gasteiger partial charge in [0.2, 0.25) is 0 Å². The molecule has 3 heterocycles. The fourth-order valence-electron chi connectivity index (χ4n) is 3.65. The van der Waals surface area contributed by atoms with Crippen molar-refractivity contribution < 1.29 is 4.79 Å². The van der Waals surface area contributed by atoms with Crippen LogP contribution in [-0.4, -0.2) is 22.0 Å². The molecule has 5 heteroatoms. The first-order valence-corrected chi connectivity index (χ1v) is 10.4. The molecule has 27 heavy (non-hydrogen) atoms. The molecule has 1 atom stereocenters. The van der Waals surface area contributed by atoms with Crippen LogP contribution in [0.25, 0.3) is 5.69 Å². The Labute approximate surface area is 164 Å². The van der Waals surface area contributed by atoms with Gasteiger partial charge >= 0.3 is 6.03 Å². The van der Waals surface area contributed by atoms with Crippen LogP contribution in [0.5, 0.6) is 0 Å². The normalized spacial score (nSPS) is 16.0. The van der Waals surface area contributed by atoms with Crippen LogP contribution in [0.4, 0.5) is 4.79 Å². The van der Waals surface area contributed by atoms with Gasteiger partial charge in [-0.15, -0.1) is 11.3 Å². The maximum atomic E-state index is 13.2. The van der Waals surface area contributed by atoms with E-state index in [4.69, 9.17) is 0 Å². The van der Waals surface area contributed by atoms with Crippen LogP contribution in [-0.2, 0) is 6.54 Å². The number of rotatable bonds is 4. The smallest absolute Gasteiger partial charge is 0.318 e. The van der Waals surface area contributed by atoms with Crippen molar-refractivity contribution in [2.75, 3.05) is 6.54 Å². The Bertz CT molecular complexity index is 913. The molecule has 4 nitrogen and oxygen atoms in total. The van der Waals surface area contributed by atoms with Crippen LogP contribution < -0.4 is 5.32 Å². The molecule has 1 unspecified atom stereocenters. The summed E-state index contributed by atoms with van der Waals surface area (Å²) in [6.45, 7) is 5.64. The quantitative estimate of drug-likeness (QED) is 0.665. The van der Waals surface area contributed by atoms with Crippen molar-refractivity contribution in [2.24, 2.45) is 5.92 Å². The highest BCUT2D eigenvalue weighted by atomic mass is 32.1. The molecular weight excluding hydrogens is 354 g/mol. The number of carbonyl (C=O) groups is 1. The van der Waals surface area contributed by atoms with E-state index in [-0.39, 0.29) is 12.1 Å². The summed E-state index contributed by atoms with van der Waals surface area (Å²) >= 11 is 1.70. The third kappa shape index (κ3) is 3.52. The van der Waals surface area contributed by atoms with E-state index >= 15 is 0 Å². The Balaban J connectivity index is 1.75. The van der Waals surface area contributed by atoms with Gasteiger partial charge in [0.25, 0.3) is 0 Å². The number of thiophene rings is 1. The minimum atomic E-state index is -0.0913. The Kier molecular flexibility index (Phi) is 5.03. The Morgan fingerprint density at radius 1 is 1.19 bits per heavy atom. The molecule has 1 aliphatic rings. The number of urea groups is 1. The van der Waals surface area contributed by atoms with Gasteiger partial charge in [-0.3, -0.25) is 0 Å². The molecule has 3 aromatic rings. The molecular formula is C22H25N3OS. The number of para-hydroxylation sites is 1. The fraction of sp³-hybridized carbons (Fsp3) is 0.318. The predicted molar refractivity (Wildman–Crippen MR) is 110 cm³/mol. The fourth-order valence-corrected chi connectivity index (χ4v) is 4.50. The standard InChI is InChI=1S/C22H25N3OS/c1-16(2)11-12-23-22(26)25-15-17-7-3-4-8-18(17)24-13-5-9-19(24)21(25)20-10-6-14-27-20/h3-10,13-14,16,21H,11-12,15H2,1-2H3,(H,23,26). The second-order valence-electron chi connectivity index (χ2n) is 7.39. The summed E-state index contributed by atoms with van der Waals surface area (Å²) in [6.07, 6.45) is 3.07. The first-order valence-electron chi connectivity index (χ1n) is 9.48. The zero-order chi connectivity index (χ0) is 18.8. The summed E-state index contributed by atoms with van der Waals surface area (Å²) in [7, 11) is 0. The highest BCUT2D eigenvalue weighted by Crippen LogP contribution is 2.38. The Hall–Kier alpha value is -2.53. The van der Waals surface area contributed by atoms with Crippen molar-refractivity contribution in [1.29, 1.82) is 0 Å². The van der Waals surface area contributed by atoms with Crippen molar-refractivity contribution in [3.8, 4) is 5.69 Å². The van der Waals surface area contributed by atoms with E-state index in [0.717, 1.165) is 23.4 Å². The summed E-state index contributed by atoms with van der Waals surface area (Å²) in [5.41, 5.74) is 3.44. The molecule has 0 saturated heterocycles. The molecule has 1 N–H and O–H groups in total. The third-order valence-electron chi connectivity index (χ3n) is 5.04. The van der Waals surface area contributed by atoms with Gasteiger partial charge in [-0.25, -0.2) is 4.79 Å². The molecule has 0 radical (unpaired) electrons. The van der Waals surface area contributed by atoms with Crippen LogP contribution in [0, 0.1) is 5.92 Å². The van der Waals surface area contributed by atoms with Crippen molar-refractivity contribution in [3.05, 3.63) is 76.2 Å². The zero-order valence-corrected chi connectivity index (χ0v) is 16.6. The highest BCUT2D eigenvalue weighted by molar-refractivity contribution is 7.10. The number of hydrogen-bond acceptors (Lipinski definition) is 2. The largest absolute Gasteiger partial charge is 0.338 e. The lowest BCUT2D eigenvalue weighted by atomic mass is 10.1. The van der Waals surface area contributed by atoms with Gasteiger partial charge in [-0.2, -0.15) is 0 Å². The molecule has 1 aliphatic heterocycles. The molecule has 2 aromatic heterocycles. The second-order valence-corrected chi connectivity index (χ2v) is 8.37. The Morgan fingerprint density at radius 2 is 2.04 bits per heavy atom. The molecule has 1 aromatic carbocycles. The van der Waals surface area contributed by atoms with Gasteiger partial charge in [0.05, 0.1) is 17.9 Å². The molecule has 0 spiro atoms. The van der Waals surface area contributed by atoms with Crippen LogP contribution in [0.15, 0.2) is 60.1 Å². The lowest BCUT2D eigenvalue weighted by molar-refractivity contribution is 0.181. The topological polar surface area (TPSA) is 37.3 Å². The molecule has 140 valence electrons. The van der Waals surface area contributed by atoms with E-state index < -0.39 is 0 Å². The van der Waals surface area contributed by atoms with E-state index in [9.17, 15) is 4.79 Å². The van der Waals surface area contributed by atoms with E-state index in [2.05, 4.69) is 77.8 Å². The Morgan fingerprint density at radius 3 is 2.81 bits per heavy atom. The van der Waals surface area contributed by atoms with E-state index in [1.807, 2.05) is 11.0 Å². The van der Waals surface area contributed by atoms with Gasteiger partial charge in [0.15, 0.2) is 0 Å². The number of carbonyl (C=O) groups excluding carboxylic acids is 1. The number of benzene rings is 1. The predicted octanol–water partition coefficient (Wildman–Crippen LogP) is 5.20. The number of nitrogens with one attached hydrogen (secondary N) is 1. The van der Waals surface area contributed by atoms with Crippen molar-refractivity contribution in [1.82, 2.24) is 14.8 Å². The minimum absolute atomic E-state index is 0.00139. The van der Waals surface area contributed by atoms with Crippen molar-refractivity contribution in [3.63, 3.8) is 0 Å². The van der Waals surface area contributed by atoms with Gasteiger partial charge in [-0.1, -0.05) is 38.1 Å². The zero-order valence-electron chi connectivity index (χ0n) is 15.8. The monoisotopic (exact) mass is 379 g/mol. The first-order chi connectivity index (χ1) is 13.1. The SMILES string of the molecule is CC(C)CCNC(=O)N1Cc2ccccc2-n2cccc2C1c1cccs1. The number of amides is 2. The summed E-state index contributed by atoms with van der Waals surface area (Å²) in [5, 5.41) is 5.22. The molecule has 0 fully saturated rings. The summed E-state index contributed by atoms with van der Waals surface area (Å²) in [4.78, 5) is 16.3. The van der Waals surface area contributed by atoms with Gasteiger partial charge < -0.3 is 14.8 Å². The number of hydrogen-bond donors (Lipinski definition) is 1. The summed E-state index contributed by atoms with van der Waals surface area (Å²) in [6, 6.07) is 16.6.